The molecule has 0 unspecified atom stereocenters. The average Bonchev–Trinajstić information content (AvgIpc) is 2.67. The van der Waals surface area contributed by atoms with Gasteiger partial charge < -0.3 is 9.64 Å². The first-order chi connectivity index (χ1) is 12.4. The minimum Gasteiger partial charge on any atom is -0.497 e. The smallest absolute Gasteiger partial charge is 0.243 e. The van der Waals surface area contributed by atoms with Crippen molar-refractivity contribution < 1.29 is 17.9 Å². The largest absolute Gasteiger partial charge is 0.497 e. The summed E-state index contributed by atoms with van der Waals surface area (Å²) in [6.45, 7) is 4.28. The van der Waals surface area contributed by atoms with Crippen LogP contribution in [0, 0.1) is 12.8 Å². The van der Waals surface area contributed by atoms with Gasteiger partial charge in [-0.25, -0.2) is 8.42 Å². The predicted octanol–water partition coefficient (Wildman–Crippen LogP) is 2.42. The van der Waals surface area contributed by atoms with Crippen molar-refractivity contribution in [3.8, 4) is 5.75 Å². The molecular formula is C19H28N2O4S. The van der Waals surface area contributed by atoms with E-state index in [1.54, 1.807) is 32.2 Å². The molecule has 3 rings (SSSR count). The summed E-state index contributed by atoms with van der Waals surface area (Å²) in [6, 6.07) is 5.01. The molecule has 2 saturated heterocycles. The Kier molecular flexibility index (Phi) is 5.87. The Morgan fingerprint density at radius 1 is 1.08 bits per heavy atom. The minimum atomic E-state index is -3.54. The molecule has 7 heteroatoms. The van der Waals surface area contributed by atoms with E-state index in [0.717, 1.165) is 25.9 Å². The van der Waals surface area contributed by atoms with Crippen molar-refractivity contribution >= 4 is 15.9 Å². The first-order valence-electron chi connectivity index (χ1n) is 9.37. The minimum absolute atomic E-state index is 0.0449. The zero-order valence-corrected chi connectivity index (χ0v) is 16.4. The third-order valence-corrected chi connectivity index (χ3v) is 7.53. The molecule has 1 amide bonds. The van der Waals surface area contributed by atoms with Gasteiger partial charge in [0.15, 0.2) is 0 Å². The molecule has 2 aliphatic rings. The standard InChI is InChI=1S/C19H28N2O4S/c1-15-14-17(25-2)6-7-18(15)26(23,24)21-12-8-16(9-13-21)19(22)20-10-4-3-5-11-20/h6-7,14,16H,3-5,8-13H2,1-2H3. The Balaban J connectivity index is 1.66. The Morgan fingerprint density at radius 3 is 2.31 bits per heavy atom. The van der Waals surface area contributed by atoms with Gasteiger partial charge in [-0.1, -0.05) is 0 Å². The summed E-state index contributed by atoms with van der Waals surface area (Å²) in [4.78, 5) is 14.9. The lowest BCUT2D eigenvalue weighted by Gasteiger charge is -2.35. The lowest BCUT2D eigenvalue weighted by Crippen LogP contribution is -2.45. The number of aryl methyl sites for hydroxylation is 1. The number of benzene rings is 1. The number of nitrogens with zero attached hydrogens (tertiary/aromatic N) is 2. The van der Waals surface area contributed by atoms with E-state index >= 15 is 0 Å². The molecule has 0 saturated carbocycles. The van der Waals surface area contributed by atoms with Crippen LogP contribution in [0.4, 0.5) is 0 Å². The van der Waals surface area contributed by atoms with Gasteiger partial charge in [-0.2, -0.15) is 4.31 Å². The molecule has 2 fully saturated rings. The molecule has 0 atom stereocenters. The van der Waals surface area contributed by atoms with Gasteiger partial charge in [-0.3, -0.25) is 4.79 Å². The first kappa shape index (κ1) is 19.2. The number of carbonyl (C=O) groups is 1. The van der Waals surface area contributed by atoms with Crippen molar-refractivity contribution in [1.29, 1.82) is 0 Å². The normalized spacial score (nSPS) is 20.2. The number of ether oxygens (including phenoxy) is 1. The van der Waals surface area contributed by atoms with E-state index in [-0.39, 0.29) is 11.8 Å². The summed E-state index contributed by atoms with van der Waals surface area (Å²) in [6.07, 6.45) is 4.56. The molecular weight excluding hydrogens is 352 g/mol. The summed E-state index contributed by atoms with van der Waals surface area (Å²) in [5.74, 6) is 0.811. The van der Waals surface area contributed by atoms with Crippen LogP contribution in [-0.4, -0.2) is 56.8 Å². The molecule has 0 radical (unpaired) electrons. The molecule has 6 nitrogen and oxygen atoms in total. The highest BCUT2D eigenvalue weighted by atomic mass is 32.2. The Hall–Kier alpha value is -1.60. The average molecular weight is 381 g/mol. The van der Waals surface area contributed by atoms with E-state index in [2.05, 4.69) is 0 Å². The number of likely N-dealkylation sites (tertiary alicyclic amines) is 1. The lowest BCUT2D eigenvalue weighted by atomic mass is 9.95. The van der Waals surface area contributed by atoms with Crippen LogP contribution in [0.25, 0.3) is 0 Å². The quantitative estimate of drug-likeness (QED) is 0.805. The maximum absolute atomic E-state index is 13.0. The topological polar surface area (TPSA) is 66.9 Å². The van der Waals surface area contributed by atoms with Crippen LogP contribution in [0.3, 0.4) is 0 Å². The maximum Gasteiger partial charge on any atom is 0.243 e. The molecule has 144 valence electrons. The van der Waals surface area contributed by atoms with Gasteiger partial charge in [0.25, 0.3) is 0 Å². The van der Waals surface area contributed by atoms with Gasteiger partial charge in [-0.05, 0) is 62.8 Å². The van der Waals surface area contributed by atoms with E-state index in [1.165, 1.54) is 10.7 Å². The van der Waals surface area contributed by atoms with Crippen molar-refractivity contribution in [3.63, 3.8) is 0 Å². The van der Waals surface area contributed by atoms with E-state index in [9.17, 15) is 13.2 Å². The number of hydrogen-bond donors (Lipinski definition) is 0. The predicted molar refractivity (Wildman–Crippen MR) is 99.6 cm³/mol. The fourth-order valence-electron chi connectivity index (χ4n) is 3.89. The van der Waals surface area contributed by atoms with Crippen LogP contribution in [0.2, 0.25) is 0 Å². The van der Waals surface area contributed by atoms with E-state index < -0.39 is 10.0 Å². The van der Waals surface area contributed by atoms with Crippen LogP contribution in [0.15, 0.2) is 23.1 Å². The fraction of sp³-hybridized carbons (Fsp3) is 0.632. The van der Waals surface area contributed by atoms with Crippen molar-refractivity contribution in [2.24, 2.45) is 5.92 Å². The van der Waals surface area contributed by atoms with Crippen LogP contribution < -0.4 is 4.74 Å². The number of sulfonamides is 1. The molecule has 1 aromatic carbocycles. The molecule has 0 spiro atoms. The van der Waals surface area contributed by atoms with Gasteiger partial charge in [0.1, 0.15) is 5.75 Å². The lowest BCUT2D eigenvalue weighted by molar-refractivity contribution is -0.137. The zero-order chi connectivity index (χ0) is 18.7. The molecule has 0 N–H and O–H groups in total. The first-order valence-corrected chi connectivity index (χ1v) is 10.8. The number of methoxy groups -OCH3 is 1. The Morgan fingerprint density at radius 2 is 1.73 bits per heavy atom. The molecule has 0 aliphatic carbocycles. The Bertz CT molecular complexity index is 749. The second kappa shape index (κ2) is 7.96. The molecule has 0 bridgehead atoms. The third-order valence-electron chi connectivity index (χ3n) is 5.47. The number of hydrogen-bond acceptors (Lipinski definition) is 4. The molecule has 2 heterocycles. The maximum atomic E-state index is 13.0. The summed E-state index contributed by atoms with van der Waals surface area (Å²) < 4.78 is 32.6. The zero-order valence-electron chi connectivity index (χ0n) is 15.6. The SMILES string of the molecule is COc1ccc(S(=O)(=O)N2CCC(C(=O)N3CCCCC3)CC2)c(C)c1. The fourth-order valence-corrected chi connectivity index (χ4v) is 5.57. The molecule has 2 aliphatic heterocycles. The monoisotopic (exact) mass is 380 g/mol. The number of amides is 1. The van der Waals surface area contributed by atoms with Crippen molar-refractivity contribution in [2.45, 2.75) is 43.9 Å². The van der Waals surface area contributed by atoms with Crippen LogP contribution in [-0.2, 0) is 14.8 Å². The van der Waals surface area contributed by atoms with E-state index in [1.807, 2.05) is 4.90 Å². The number of piperidine rings is 2. The highest BCUT2D eigenvalue weighted by Crippen LogP contribution is 2.28. The molecule has 0 aromatic heterocycles. The number of rotatable bonds is 4. The van der Waals surface area contributed by atoms with Gasteiger partial charge in [0.05, 0.1) is 12.0 Å². The van der Waals surface area contributed by atoms with Crippen LogP contribution in [0.5, 0.6) is 5.75 Å². The van der Waals surface area contributed by atoms with E-state index in [0.29, 0.717) is 42.1 Å². The summed E-state index contributed by atoms with van der Waals surface area (Å²) in [5, 5.41) is 0. The second-order valence-corrected chi connectivity index (χ2v) is 9.10. The van der Waals surface area contributed by atoms with Crippen molar-refractivity contribution in [2.75, 3.05) is 33.3 Å². The molecule has 1 aromatic rings. The summed E-state index contributed by atoms with van der Waals surface area (Å²) in [5.41, 5.74) is 0.677. The highest BCUT2D eigenvalue weighted by molar-refractivity contribution is 7.89. The van der Waals surface area contributed by atoms with E-state index in [4.69, 9.17) is 4.74 Å². The summed E-state index contributed by atoms with van der Waals surface area (Å²) >= 11 is 0. The third kappa shape index (κ3) is 3.88. The highest BCUT2D eigenvalue weighted by Gasteiger charge is 2.34. The second-order valence-electron chi connectivity index (χ2n) is 7.20. The van der Waals surface area contributed by atoms with Crippen molar-refractivity contribution in [1.82, 2.24) is 9.21 Å². The van der Waals surface area contributed by atoms with Crippen LogP contribution in [0.1, 0.15) is 37.7 Å². The van der Waals surface area contributed by atoms with Gasteiger partial charge in [0, 0.05) is 32.1 Å². The molecule has 26 heavy (non-hydrogen) atoms. The van der Waals surface area contributed by atoms with Crippen LogP contribution >= 0.6 is 0 Å². The number of carbonyl (C=O) groups excluding carboxylic acids is 1. The van der Waals surface area contributed by atoms with Gasteiger partial charge >= 0.3 is 0 Å². The Labute approximate surface area is 156 Å². The van der Waals surface area contributed by atoms with Gasteiger partial charge in [-0.15, -0.1) is 0 Å². The van der Waals surface area contributed by atoms with Crippen molar-refractivity contribution in [3.05, 3.63) is 23.8 Å². The van der Waals surface area contributed by atoms with Gasteiger partial charge in [0.2, 0.25) is 15.9 Å². The summed E-state index contributed by atoms with van der Waals surface area (Å²) in [7, 11) is -1.98.